The Balaban J connectivity index is 1.29. The lowest BCUT2D eigenvalue weighted by Crippen LogP contribution is -2.31. The third kappa shape index (κ3) is 3.81. The van der Waals surface area contributed by atoms with Crippen LogP contribution in [0.2, 0.25) is 0 Å². The summed E-state index contributed by atoms with van der Waals surface area (Å²) in [5.41, 5.74) is 3.77. The number of fused-ring (bicyclic) bond motifs is 2. The van der Waals surface area contributed by atoms with Gasteiger partial charge in [-0.25, -0.2) is 18.4 Å². The molecule has 1 unspecified atom stereocenters. The number of para-hydroxylation sites is 2. The molecule has 2 aromatic carbocycles. The fourth-order valence-corrected chi connectivity index (χ4v) is 4.19. The van der Waals surface area contributed by atoms with Crippen LogP contribution in [0.25, 0.3) is 16.7 Å². The zero-order valence-electron chi connectivity index (χ0n) is 16.7. The van der Waals surface area contributed by atoms with E-state index in [9.17, 15) is 13.6 Å². The number of benzene rings is 2. The second-order valence-corrected chi connectivity index (χ2v) is 7.77. The molecule has 158 valence electrons. The van der Waals surface area contributed by atoms with Gasteiger partial charge in [-0.2, -0.15) is 5.10 Å². The van der Waals surface area contributed by atoms with Gasteiger partial charge >= 0.3 is 0 Å². The quantitative estimate of drug-likeness (QED) is 0.508. The normalized spacial score (nSPS) is 15.7. The number of carbonyl (C=O) groups is 1. The summed E-state index contributed by atoms with van der Waals surface area (Å²) >= 11 is 0. The van der Waals surface area contributed by atoms with Crippen LogP contribution < -0.4 is 5.32 Å². The van der Waals surface area contributed by atoms with Gasteiger partial charge in [-0.1, -0.05) is 12.1 Å². The van der Waals surface area contributed by atoms with Gasteiger partial charge in [0, 0.05) is 30.2 Å². The summed E-state index contributed by atoms with van der Waals surface area (Å²) in [4.78, 5) is 20.3. The first-order valence-corrected chi connectivity index (χ1v) is 10.3. The zero-order valence-corrected chi connectivity index (χ0v) is 16.7. The van der Waals surface area contributed by atoms with E-state index >= 15 is 0 Å². The van der Waals surface area contributed by atoms with Crippen LogP contribution in [-0.2, 0) is 17.6 Å². The smallest absolute Gasteiger partial charge is 0.220 e. The Morgan fingerprint density at radius 1 is 1.23 bits per heavy atom. The number of imidazole rings is 1. The third-order valence-electron chi connectivity index (χ3n) is 5.68. The molecule has 0 fully saturated rings. The standard InChI is InChI=1S/C23H21F2N5O/c24-14-8-9-21(16(25)12-14)30-20-7-3-6-17(15(20)13-26-30)29-23(31)11-10-22-27-18-4-1-2-5-19(18)28-22/h1-2,4-5,8-9,12-13,17H,3,6-7,10-11H2,(H,27,28)(H,29,31). The van der Waals surface area contributed by atoms with Gasteiger partial charge in [0.1, 0.15) is 17.3 Å². The summed E-state index contributed by atoms with van der Waals surface area (Å²) < 4.78 is 29.0. The van der Waals surface area contributed by atoms with Crippen molar-refractivity contribution in [2.45, 2.75) is 38.1 Å². The van der Waals surface area contributed by atoms with Crippen molar-refractivity contribution in [1.29, 1.82) is 0 Å². The molecule has 0 saturated heterocycles. The number of hydrogen-bond donors (Lipinski definition) is 2. The number of carbonyl (C=O) groups excluding carboxylic acids is 1. The molecule has 1 amide bonds. The molecule has 0 radical (unpaired) electrons. The lowest BCUT2D eigenvalue weighted by atomic mass is 9.92. The van der Waals surface area contributed by atoms with E-state index in [1.54, 1.807) is 6.20 Å². The molecule has 0 spiro atoms. The third-order valence-corrected chi connectivity index (χ3v) is 5.68. The molecular formula is C23H21F2N5O. The van der Waals surface area contributed by atoms with Crippen molar-refractivity contribution in [1.82, 2.24) is 25.1 Å². The average molecular weight is 421 g/mol. The molecule has 1 aliphatic rings. The summed E-state index contributed by atoms with van der Waals surface area (Å²) in [6, 6.07) is 11.0. The molecule has 6 nitrogen and oxygen atoms in total. The highest BCUT2D eigenvalue weighted by molar-refractivity contribution is 5.77. The van der Waals surface area contributed by atoms with Gasteiger partial charge in [0.2, 0.25) is 5.91 Å². The van der Waals surface area contributed by atoms with E-state index in [1.165, 1.54) is 16.8 Å². The van der Waals surface area contributed by atoms with Crippen molar-refractivity contribution in [3.05, 3.63) is 77.4 Å². The molecular weight excluding hydrogens is 400 g/mol. The first-order valence-electron chi connectivity index (χ1n) is 10.3. The zero-order chi connectivity index (χ0) is 21.4. The van der Waals surface area contributed by atoms with Crippen molar-refractivity contribution in [3.63, 3.8) is 0 Å². The van der Waals surface area contributed by atoms with Crippen LogP contribution in [0.4, 0.5) is 8.78 Å². The van der Waals surface area contributed by atoms with Crippen LogP contribution in [0.3, 0.4) is 0 Å². The minimum absolute atomic E-state index is 0.0704. The minimum Gasteiger partial charge on any atom is -0.349 e. The Morgan fingerprint density at radius 3 is 2.94 bits per heavy atom. The van der Waals surface area contributed by atoms with Crippen LogP contribution in [0.15, 0.2) is 48.7 Å². The highest BCUT2D eigenvalue weighted by Gasteiger charge is 2.26. The lowest BCUT2D eigenvalue weighted by Gasteiger charge is -2.24. The number of aromatic nitrogens is 4. The van der Waals surface area contributed by atoms with E-state index in [0.717, 1.165) is 53.4 Å². The topological polar surface area (TPSA) is 75.6 Å². The van der Waals surface area contributed by atoms with Gasteiger partial charge in [0.05, 0.1) is 23.3 Å². The molecule has 2 aromatic heterocycles. The average Bonchev–Trinajstić information content (AvgIpc) is 3.37. The maximum atomic E-state index is 14.3. The highest BCUT2D eigenvalue weighted by Crippen LogP contribution is 2.31. The van der Waals surface area contributed by atoms with E-state index in [-0.39, 0.29) is 17.6 Å². The van der Waals surface area contributed by atoms with Crippen LogP contribution in [0, 0.1) is 11.6 Å². The van der Waals surface area contributed by atoms with E-state index in [1.807, 2.05) is 24.3 Å². The number of nitrogens with zero attached hydrogens (tertiary/aromatic N) is 3. The maximum Gasteiger partial charge on any atom is 0.220 e. The second kappa shape index (κ2) is 7.94. The Hall–Kier alpha value is -3.55. The minimum atomic E-state index is -0.664. The van der Waals surface area contributed by atoms with Crippen LogP contribution in [-0.4, -0.2) is 25.7 Å². The molecule has 8 heteroatoms. The molecule has 4 aromatic rings. The number of H-pyrrole nitrogens is 1. The lowest BCUT2D eigenvalue weighted by molar-refractivity contribution is -0.121. The van der Waals surface area contributed by atoms with E-state index in [2.05, 4.69) is 20.4 Å². The number of aryl methyl sites for hydroxylation is 1. The molecule has 5 rings (SSSR count). The molecule has 0 saturated carbocycles. The first-order chi connectivity index (χ1) is 15.1. The Kier molecular flexibility index (Phi) is 4.97. The van der Waals surface area contributed by atoms with Crippen LogP contribution in [0.1, 0.15) is 42.4 Å². The summed E-state index contributed by atoms with van der Waals surface area (Å²) in [6.45, 7) is 0. The van der Waals surface area contributed by atoms with Crippen molar-refractivity contribution >= 4 is 16.9 Å². The van der Waals surface area contributed by atoms with Gasteiger partial charge in [-0.15, -0.1) is 0 Å². The van der Waals surface area contributed by atoms with Gasteiger partial charge in [-0.3, -0.25) is 4.79 Å². The van der Waals surface area contributed by atoms with Gasteiger partial charge in [-0.05, 0) is 43.5 Å². The number of rotatable bonds is 5. The van der Waals surface area contributed by atoms with Crippen molar-refractivity contribution < 1.29 is 13.6 Å². The Morgan fingerprint density at radius 2 is 2.10 bits per heavy atom. The number of hydrogen-bond acceptors (Lipinski definition) is 3. The van der Waals surface area contributed by atoms with Crippen molar-refractivity contribution in [2.75, 3.05) is 0 Å². The van der Waals surface area contributed by atoms with Crippen LogP contribution >= 0.6 is 0 Å². The first kappa shape index (κ1) is 19.4. The van der Waals surface area contributed by atoms with Gasteiger partial charge in [0.25, 0.3) is 0 Å². The number of nitrogens with one attached hydrogen (secondary N) is 2. The Labute approximate surface area is 177 Å². The molecule has 0 bridgehead atoms. The Bertz CT molecular complexity index is 1230. The summed E-state index contributed by atoms with van der Waals surface area (Å²) in [5, 5.41) is 7.40. The molecule has 1 aliphatic carbocycles. The van der Waals surface area contributed by atoms with E-state index in [4.69, 9.17) is 0 Å². The molecule has 0 aliphatic heterocycles. The SMILES string of the molecule is O=C(CCc1nc2ccccc2[nH]1)NC1CCCc2c1cnn2-c1ccc(F)cc1F. The summed E-state index contributed by atoms with van der Waals surface area (Å²) in [6.07, 6.45) is 4.85. The molecule has 2 heterocycles. The van der Waals surface area contributed by atoms with Crippen LogP contribution in [0.5, 0.6) is 0 Å². The fraction of sp³-hybridized carbons (Fsp3) is 0.261. The number of amides is 1. The summed E-state index contributed by atoms with van der Waals surface area (Å²) in [5.74, 6) is -0.584. The predicted molar refractivity (Wildman–Crippen MR) is 112 cm³/mol. The molecule has 31 heavy (non-hydrogen) atoms. The monoisotopic (exact) mass is 421 g/mol. The summed E-state index contributed by atoms with van der Waals surface area (Å²) in [7, 11) is 0. The molecule has 2 N–H and O–H groups in total. The number of halogens is 2. The molecule has 1 atom stereocenters. The fourth-order valence-electron chi connectivity index (χ4n) is 4.19. The van der Waals surface area contributed by atoms with E-state index < -0.39 is 11.6 Å². The maximum absolute atomic E-state index is 14.3. The van der Waals surface area contributed by atoms with Crippen molar-refractivity contribution in [3.8, 4) is 5.69 Å². The van der Waals surface area contributed by atoms with Crippen molar-refractivity contribution in [2.24, 2.45) is 0 Å². The predicted octanol–water partition coefficient (Wildman–Crippen LogP) is 4.15. The number of aromatic amines is 1. The highest BCUT2D eigenvalue weighted by atomic mass is 19.1. The van der Waals surface area contributed by atoms with E-state index in [0.29, 0.717) is 12.8 Å². The largest absolute Gasteiger partial charge is 0.349 e. The van der Waals surface area contributed by atoms with Gasteiger partial charge in [0.15, 0.2) is 5.82 Å². The van der Waals surface area contributed by atoms with Gasteiger partial charge < -0.3 is 10.3 Å². The second-order valence-electron chi connectivity index (χ2n) is 7.77.